The van der Waals surface area contributed by atoms with Crippen molar-refractivity contribution in [1.29, 1.82) is 0 Å². The van der Waals surface area contributed by atoms with Gasteiger partial charge in [0.2, 0.25) is 5.89 Å². The Morgan fingerprint density at radius 3 is 2.52 bits per heavy atom. The van der Waals surface area contributed by atoms with E-state index in [1.807, 2.05) is 42.5 Å². The Morgan fingerprint density at radius 2 is 1.72 bits per heavy atom. The maximum Gasteiger partial charge on any atom is 0.283 e. The van der Waals surface area contributed by atoms with E-state index < -0.39 is 24.9 Å². The predicted molar refractivity (Wildman–Crippen MR) is 89.2 cm³/mol. The van der Waals surface area contributed by atoms with Crippen molar-refractivity contribution in [3.63, 3.8) is 0 Å². The fraction of sp³-hybridized carbons (Fsp3) is 0.222. The Hall–Kier alpha value is -2.74. The zero-order chi connectivity index (χ0) is 17.4. The molecule has 2 aromatic carbocycles. The van der Waals surface area contributed by atoms with E-state index >= 15 is 0 Å². The number of ether oxygens (including phenoxy) is 1. The van der Waals surface area contributed by atoms with Crippen LogP contribution in [0.1, 0.15) is 5.89 Å². The van der Waals surface area contributed by atoms with Gasteiger partial charge < -0.3 is 24.5 Å². The van der Waals surface area contributed by atoms with E-state index in [1.165, 1.54) is 6.08 Å². The largest absolute Gasteiger partial charge is 0.480 e. The number of aromatic nitrogens is 2. The Kier molecular flexibility index (Phi) is 3.96. The average Bonchev–Trinajstić information content (AvgIpc) is 3.13. The number of aliphatic hydroxyl groups excluding tert-OH is 3. The SMILES string of the molecule is OC[C@H]1OC(c2nnc(-c3ccc4ccccc4c3)o2)=C[C@@H](O)[C@@H]1O. The normalized spacial score (nSPS) is 23.3. The van der Waals surface area contributed by atoms with Crippen LogP contribution in [0.2, 0.25) is 0 Å². The van der Waals surface area contributed by atoms with Crippen LogP contribution in [0.5, 0.6) is 0 Å². The van der Waals surface area contributed by atoms with Gasteiger partial charge in [-0.15, -0.1) is 10.2 Å². The van der Waals surface area contributed by atoms with Gasteiger partial charge in [-0.2, -0.15) is 0 Å². The van der Waals surface area contributed by atoms with Crippen molar-refractivity contribution in [2.75, 3.05) is 6.61 Å². The third-order valence-electron chi connectivity index (χ3n) is 4.14. The van der Waals surface area contributed by atoms with E-state index in [4.69, 9.17) is 9.15 Å². The van der Waals surface area contributed by atoms with Gasteiger partial charge in [0.25, 0.3) is 5.89 Å². The molecule has 0 saturated carbocycles. The Bertz CT molecular complexity index is 936. The highest BCUT2D eigenvalue weighted by atomic mass is 16.5. The molecule has 0 unspecified atom stereocenters. The molecule has 1 aliphatic heterocycles. The second-order valence-corrected chi connectivity index (χ2v) is 5.83. The van der Waals surface area contributed by atoms with Crippen LogP contribution in [0.3, 0.4) is 0 Å². The summed E-state index contributed by atoms with van der Waals surface area (Å²) in [5.41, 5.74) is 0.758. The van der Waals surface area contributed by atoms with Gasteiger partial charge in [0.05, 0.1) is 6.61 Å². The average molecular weight is 340 g/mol. The topological polar surface area (TPSA) is 109 Å². The number of benzene rings is 2. The standard InChI is InChI=1S/C18H16N2O5/c21-9-15-16(23)13(22)8-14(24-15)18-20-19-17(25-18)12-6-5-10-3-1-2-4-11(10)7-12/h1-8,13,15-16,21-23H,9H2/t13-,15-,16+/m1/s1. The first-order chi connectivity index (χ1) is 12.2. The highest BCUT2D eigenvalue weighted by molar-refractivity contribution is 5.86. The fourth-order valence-electron chi connectivity index (χ4n) is 2.77. The number of nitrogens with zero attached hydrogens (tertiary/aromatic N) is 2. The molecule has 1 aromatic heterocycles. The van der Waals surface area contributed by atoms with Crippen molar-refractivity contribution in [3.8, 4) is 11.5 Å². The first-order valence-electron chi connectivity index (χ1n) is 7.84. The van der Waals surface area contributed by atoms with Crippen molar-refractivity contribution in [3.05, 3.63) is 54.4 Å². The van der Waals surface area contributed by atoms with E-state index in [2.05, 4.69) is 10.2 Å². The Labute approximate surface area is 142 Å². The van der Waals surface area contributed by atoms with Gasteiger partial charge in [0, 0.05) is 5.56 Å². The molecule has 0 saturated heterocycles. The van der Waals surface area contributed by atoms with Gasteiger partial charge >= 0.3 is 0 Å². The van der Waals surface area contributed by atoms with Crippen LogP contribution in [0.25, 0.3) is 28.0 Å². The molecule has 1 aliphatic rings. The molecule has 3 N–H and O–H groups in total. The molecule has 0 spiro atoms. The van der Waals surface area contributed by atoms with Crippen molar-refractivity contribution in [2.24, 2.45) is 0 Å². The molecule has 0 bridgehead atoms. The van der Waals surface area contributed by atoms with E-state index in [-0.39, 0.29) is 11.6 Å². The van der Waals surface area contributed by atoms with Crippen LogP contribution in [-0.2, 0) is 4.74 Å². The Balaban J connectivity index is 1.66. The van der Waals surface area contributed by atoms with Crippen molar-refractivity contribution in [1.82, 2.24) is 10.2 Å². The number of hydrogen-bond donors (Lipinski definition) is 3. The maximum atomic E-state index is 9.85. The zero-order valence-corrected chi connectivity index (χ0v) is 13.1. The predicted octanol–water partition coefficient (Wildman–Crippen LogP) is 1.34. The second kappa shape index (κ2) is 6.29. The van der Waals surface area contributed by atoms with Crippen LogP contribution in [-0.4, -0.2) is 50.4 Å². The molecule has 128 valence electrons. The summed E-state index contributed by atoms with van der Waals surface area (Å²) in [5, 5.41) is 38.9. The summed E-state index contributed by atoms with van der Waals surface area (Å²) in [6, 6.07) is 13.7. The second-order valence-electron chi connectivity index (χ2n) is 5.83. The first kappa shape index (κ1) is 15.8. The quantitative estimate of drug-likeness (QED) is 0.660. The van der Waals surface area contributed by atoms with Crippen molar-refractivity contribution in [2.45, 2.75) is 18.3 Å². The molecule has 3 atom stereocenters. The van der Waals surface area contributed by atoms with Crippen LogP contribution in [0.15, 0.2) is 53.0 Å². The highest BCUT2D eigenvalue weighted by Crippen LogP contribution is 2.28. The smallest absolute Gasteiger partial charge is 0.283 e. The third kappa shape index (κ3) is 2.89. The summed E-state index contributed by atoms with van der Waals surface area (Å²) in [4.78, 5) is 0. The van der Waals surface area contributed by atoms with Crippen LogP contribution in [0.4, 0.5) is 0 Å². The molecule has 4 rings (SSSR count). The van der Waals surface area contributed by atoms with Gasteiger partial charge in [-0.3, -0.25) is 0 Å². The molecule has 7 nitrogen and oxygen atoms in total. The minimum atomic E-state index is -1.21. The number of aliphatic hydroxyl groups is 3. The molecule has 0 radical (unpaired) electrons. The number of fused-ring (bicyclic) bond motifs is 1. The number of rotatable bonds is 3. The molecular weight excluding hydrogens is 324 g/mol. The summed E-state index contributed by atoms with van der Waals surface area (Å²) < 4.78 is 11.1. The molecular formula is C18H16N2O5. The fourth-order valence-corrected chi connectivity index (χ4v) is 2.77. The highest BCUT2D eigenvalue weighted by Gasteiger charge is 2.34. The Morgan fingerprint density at radius 1 is 0.960 bits per heavy atom. The monoisotopic (exact) mass is 340 g/mol. The molecule has 25 heavy (non-hydrogen) atoms. The van der Waals surface area contributed by atoms with Crippen LogP contribution < -0.4 is 0 Å². The lowest BCUT2D eigenvalue weighted by Gasteiger charge is -2.29. The van der Waals surface area contributed by atoms with Crippen molar-refractivity contribution < 1.29 is 24.5 Å². The molecule has 7 heteroatoms. The molecule has 2 heterocycles. The van der Waals surface area contributed by atoms with E-state index in [9.17, 15) is 15.3 Å². The third-order valence-corrected chi connectivity index (χ3v) is 4.14. The molecule has 0 fully saturated rings. The number of hydrogen-bond acceptors (Lipinski definition) is 7. The summed E-state index contributed by atoms with van der Waals surface area (Å²) in [7, 11) is 0. The van der Waals surface area contributed by atoms with Crippen molar-refractivity contribution >= 4 is 16.5 Å². The van der Waals surface area contributed by atoms with Gasteiger partial charge in [-0.1, -0.05) is 30.3 Å². The van der Waals surface area contributed by atoms with Gasteiger partial charge in [0.1, 0.15) is 12.2 Å². The molecule has 0 amide bonds. The lowest BCUT2D eigenvalue weighted by atomic mass is 10.0. The van der Waals surface area contributed by atoms with E-state index in [0.717, 1.165) is 16.3 Å². The minimum absolute atomic E-state index is 0.0764. The zero-order valence-electron chi connectivity index (χ0n) is 13.1. The lowest BCUT2D eigenvalue weighted by molar-refractivity contribution is -0.0734. The maximum absolute atomic E-state index is 9.85. The van der Waals surface area contributed by atoms with Crippen LogP contribution >= 0.6 is 0 Å². The van der Waals surface area contributed by atoms with Crippen LogP contribution in [0, 0.1) is 0 Å². The van der Waals surface area contributed by atoms with E-state index in [1.54, 1.807) is 0 Å². The van der Waals surface area contributed by atoms with Gasteiger partial charge in [-0.05, 0) is 29.0 Å². The van der Waals surface area contributed by atoms with Gasteiger partial charge in [-0.25, -0.2) is 0 Å². The summed E-state index contributed by atoms with van der Waals surface area (Å²) in [6.07, 6.45) is -2.06. The summed E-state index contributed by atoms with van der Waals surface area (Å²) >= 11 is 0. The van der Waals surface area contributed by atoms with E-state index in [0.29, 0.717) is 5.89 Å². The summed E-state index contributed by atoms with van der Waals surface area (Å²) in [6.45, 7) is -0.443. The minimum Gasteiger partial charge on any atom is -0.480 e. The molecule has 3 aromatic rings. The summed E-state index contributed by atoms with van der Waals surface area (Å²) in [5.74, 6) is 0.523. The van der Waals surface area contributed by atoms with Gasteiger partial charge in [0.15, 0.2) is 11.9 Å². The first-order valence-corrected chi connectivity index (χ1v) is 7.84. The molecule has 0 aliphatic carbocycles. The lowest BCUT2D eigenvalue weighted by Crippen LogP contribution is -2.43.